The van der Waals surface area contributed by atoms with Crippen LogP contribution >= 0.6 is 15.9 Å². The molecule has 2 rings (SSSR count). The summed E-state index contributed by atoms with van der Waals surface area (Å²) in [4.78, 5) is 0.0945. The molecule has 7 heteroatoms. The molecular weight excluding hydrogens is 320 g/mol. The lowest BCUT2D eigenvalue weighted by molar-refractivity contribution is 0.120. The zero-order valence-corrected chi connectivity index (χ0v) is 12.1. The average Bonchev–Trinajstić information content (AvgIpc) is 2.79. The number of hydrogen-bond acceptors (Lipinski definition) is 4. The van der Waals surface area contributed by atoms with E-state index in [4.69, 9.17) is 9.88 Å². The molecule has 1 heterocycles. The largest absolute Gasteiger partial charge is 0.382 e. The molecule has 5 nitrogen and oxygen atoms in total. The van der Waals surface area contributed by atoms with E-state index in [0.717, 1.165) is 25.1 Å². The highest BCUT2D eigenvalue weighted by molar-refractivity contribution is 9.10. The molecule has 100 valence electrons. The van der Waals surface area contributed by atoms with Crippen LogP contribution in [-0.4, -0.2) is 27.7 Å². The summed E-state index contributed by atoms with van der Waals surface area (Å²) in [5, 5.41) is 8.29. The normalized spacial score (nSPS) is 20.0. The first-order chi connectivity index (χ1) is 8.47. The van der Waals surface area contributed by atoms with Gasteiger partial charge in [0.2, 0.25) is 10.0 Å². The first kappa shape index (κ1) is 13.8. The fraction of sp³-hybridized carbons (Fsp3) is 0.455. The predicted octanol–water partition coefficient (Wildman–Crippen LogP) is 1.69. The number of primary sulfonamides is 1. The van der Waals surface area contributed by atoms with Crippen LogP contribution in [0.4, 0.5) is 5.69 Å². The molecular formula is C11H15BrN2O3S. The van der Waals surface area contributed by atoms with Gasteiger partial charge in [0.05, 0.1) is 11.0 Å². The third-order valence-electron chi connectivity index (χ3n) is 2.81. The minimum atomic E-state index is -3.66. The summed E-state index contributed by atoms with van der Waals surface area (Å²) >= 11 is 3.33. The monoisotopic (exact) mass is 334 g/mol. The molecule has 1 aliphatic rings. The van der Waals surface area contributed by atoms with E-state index in [1.54, 1.807) is 6.07 Å². The molecule has 1 aromatic rings. The lowest BCUT2D eigenvalue weighted by Gasteiger charge is -2.13. The van der Waals surface area contributed by atoms with Gasteiger partial charge in [-0.15, -0.1) is 0 Å². The molecule has 0 aromatic heterocycles. The number of hydrogen-bond donors (Lipinski definition) is 2. The van der Waals surface area contributed by atoms with E-state index in [-0.39, 0.29) is 11.0 Å². The molecule has 3 N–H and O–H groups in total. The zero-order chi connectivity index (χ0) is 13.2. The second-order valence-corrected chi connectivity index (χ2v) is 6.62. The molecule has 0 radical (unpaired) electrons. The highest BCUT2D eigenvalue weighted by Gasteiger charge is 2.16. The molecule has 0 amide bonds. The first-order valence-corrected chi connectivity index (χ1v) is 7.98. The van der Waals surface area contributed by atoms with Gasteiger partial charge in [-0.1, -0.05) is 0 Å². The summed E-state index contributed by atoms with van der Waals surface area (Å²) in [6.45, 7) is 1.53. The van der Waals surface area contributed by atoms with Crippen molar-refractivity contribution < 1.29 is 13.2 Å². The Bertz CT molecular complexity index is 527. The van der Waals surface area contributed by atoms with Crippen LogP contribution in [0.25, 0.3) is 0 Å². The number of halogens is 1. The SMILES string of the molecule is NS(=O)(=O)c1ccc(NCC2CCCO2)c(Br)c1. The van der Waals surface area contributed by atoms with Crippen LogP contribution < -0.4 is 10.5 Å². The van der Waals surface area contributed by atoms with Gasteiger partial charge in [-0.3, -0.25) is 0 Å². The second-order valence-electron chi connectivity index (χ2n) is 4.20. The van der Waals surface area contributed by atoms with Gasteiger partial charge in [0.1, 0.15) is 0 Å². The number of nitrogens with two attached hydrogens (primary N) is 1. The van der Waals surface area contributed by atoms with E-state index < -0.39 is 10.0 Å². The summed E-state index contributed by atoms with van der Waals surface area (Å²) in [6.07, 6.45) is 2.38. The number of anilines is 1. The summed E-state index contributed by atoms with van der Waals surface area (Å²) in [6, 6.07) is 4.67. The Morgan fingerprint density at radius 2 is 2.28 bits per heavy atom. The fourth-order valence-corrected chi connectivity index (χ4v) is 3.06. The Balaban J connectivity index is 2.05. The van der Waals surface area contributed by atoms with Crippen LogP contribution in [0.2, 0.25) is 0 Å². The second kappa shape index (κ2) is 5.56. The van der Waals surface area contributed by atoms with Crippen molar-refractivity contribution in [2.24, 2.45) is 5.14 Å². The standard InChI is InChI=1S/C11H15BrN2O3S/c12-10-6-9(18(13,15)16)3-4-11(10)14-7-8-2-1-5-17-8/h3-4,6,8,14H,1-2,5,7H2,(H2,13,15,16). The van der Waals surface area contributed by atoms with Crippen molar-refractivity contribution in [1.29, 1.82) is 0 Å². The molecule has 0 aliphatic carbocycles. The minimum absolute atomic E-state index is 0.0945. The fourth-order valence-electron chi connectivity index (χ4n) is 1.85. The third kappa shape index (κ3) is 3.44. The predicted molar refractivity (Wildman–Crippen MR) is 73.0 cm³/mol. The number of benzene rings is 1. The van der Waals surface area contributed by atoms with Gasteiger partial charge in [0.15, 0.2) is 0 Å². The molecule has 1 aliphatic heterocycles. The maximum Gasteiger partial charge on any atom is 0.238 e. The van der Waals surface area contributed by atoms with E-state index in [1.165, 1.54) is 12.1 Å². The molecule has 1 unspecified atom stereocenters. The number of ether oxygens (including phenoxy) is 1. The van der Waals surface area contributed by atoms with E-state index in [1.807, 2.05) is 0 Å². The number of nitrogens with one attached hydrogen (secondary N) is 1. The minimum Gasteiger partial charge on any atom is -0.382 e. The maximum absolute atomic E-state index is 11.2. The molecule has 1 aromatic carbocycles. The van der Waals surface area contributed by atoms with Crippen LogP contribution in [0.15, 0.2) is 27.6 Å². The Morgan fingerprint density at radius 1 is 1.50 bits per heavy atom. The molecule has 0 bridgehead atoms. The van der Waals surface area contributed by atoms with Crippen LogP contribution in [0.1, 0.15) is 12.8 Å². The zero-order valence-electron chi connectivity index (χ0n) is 9.73. The van der Waals surface area contributed by atoms with Gasteiger partial charge in [0.25, 0.3) is 0 Å². The van der Waals surface area contributed by atoms with Gasteiger partial charge >= 0.3 is 0 Å². The van der Waals surface area contributed by atoms with Crippen LogP contribution in [-0.2, 0) is 14.8 Å². The van der Waals surface area contributed by atoms with Crippen molar-refractivity contribution in [3.8, 4) is 0 Å². The molecule has 1 atom stereocenters. The van der Waals surface area contributed by atoms with Gasteiger partial charge in [-0.25, -0.2) is 13.6 Å². The molecule has 0 spiro atoms. The number of rotatable bonds is 4. The molecule has 1 saturated heterocycles. The van der Waals surface area contributed by atoms with Crippen molar-refractivity contribution in [2.45, 2.75) is 23.8 Å². The van der Waals surface area contributed by atoms with Crippen LogP contribution in [0, 0.1) is 0 Å². The lowest BCUT2D eigenvalue weighted by atomic mass is 10.2. The molecule has 1 fully saturated rings. The smallest absolute Gasteiger partial charge is 0.238 e. The van der Waals surface area contributed by atoms with Crippen molar-refractivity contribution in [2.75, 3.05) is 18.5 Å². The van der Waals surface area contributed by atoms with E-state index in [9.17, 15) is 8.42 Å². The summed E-state index contributed by atoms with van der Waals surface area (Å²) in [5.74, 6) is 0. The van der Waals surface area contributed by atoms with Crippen molar-refractivity contribution in [3.63, 3.8) is 0 Å². The van der Waals surface area contributed by atoms with E-state index in [2.05, 4.69) is 21.2 Å². The van der Waals surface area contributed by atoms with Gasteiger partial charge in [-0.2, -0.15) is 0 Å². The molecule has 18 heavy (non-hydrogen) atoms. The summed E-state index contributed by atoms with van der Waals surface area (Å²) in [5.41, 5.74) is 0.831. The average molecular weight is 335 g/mol. The van der Waals surface area contributed by atoms with E-state index in [0.29, 0.717) is 11.0 Å². The highest BCUT2D eigenvalue weighted by Crippen LogP contribution is 2.25. The summed E-state index contributed by atoms with van der Waals surface area (Å²) in [7, 11) is -3.66. The van der Waals surface area contributed by atoms with Crippen LogP contribution in [0.3, 0.4) is 0 Å². The Kier molecular flexibility index (Phi) is 4.26. The highest BCUT2D eigenvalue weighted by atomic mass is 79.9. The van der Waals surface area contributed by atoms with E-state index >= 15 is 0 Å². The van der Waals surface area contributed by atoms with Crippen LogP contribution in [0.5, 0.6) is 0 Å². The Hall–Kier alpha value is -0.630. The molecule has 0 saturated carbocycles. The Labute approximate surface area is 115 Å². The topological polar surface area (TPSA) is 81.4 Å². The van der Waals surface area contributed by atoms with Gasteiger partial charge < -0.3 is 10.1 Å². The van der Waals surface area contributed by atoms with Gasteiger partial charge in [0, 0.05) is 23.3 Å². The lowest BCUT2D eigenvalue weighted by Crippen LogP contribution is -2.18. The van der Waals surface area contributed by atoms with Crippen molar-refractivity contribution in [3.05, 3.63) is 22.7 Å². The van der Waals surface area contributed by atoms with Crippen molar-refractivity contribution in [1.82, 2.24) is 0 Å². The quantitative estimate of drug-likeness (QED) is 0.877. The maximum atomic E-state index is 11.2. The Morgan fingerprint density at radius 3 is 2.83 bits per heavy atom. The van der Waals surface area contributed by atoms with Gasteiger partial charge in [-0.05, 0) is 47.0 Å². The summed E-state index contributed by atoms with van der Waals surface area (Å²) < 4.78 is 28.5. The third-order valence-corrected chi connectivity index (χ3v) is 4.38. The number of sulfonamides is 1. The van der Waals surface area contributed by atoms with Crippen molar-refractivity contribution >= 4 is 31.6 Å². The first-order valence-electron chi connectivity index (χ1n) is 5.64.